The number of hydrogen-bond donors (Lipinski definition) is 3. The third kappa shape index (κ3) is 4.63. The average molecular weight is 369 g/mol. The molecule has 0 radical (unpaired) electrons. The molecule has 0 aromatic heterocycles. The molecule has 1 saturated heterocycles. The topological polar surface area (TPSA) is 105 Å². The van der Waals surface area contributed by atoms with Crippen LogP contribution in [0.2, 0.25) is 0 Å². The normalized spacial score (nSPS) is 15.5. The zero-order valence-electron chi connectivity index (χ0n) is 14.5. The van der Waals surface area contributed by atoms with Crippen molar-refractivity contribution in [1.82, 2.24) is 15.5 Å². The fourth-order valence-corrected chi connectivity index (χ4v) is 2.78. The molecular formula is C17H25ClN4O3. The van der Waals surface area contributed by atoms with Crippen LogP contribution in [0.3, 0.4) is 0 Å². The number of halogens is 1. The van der Waals surface area contributed by atoms with Crippen LogP contribution in [0.4, 0.5) is 10.5 Å². The summed E-state index contributed by atoms with van der Waals surface area (Å²) in [5, 5.41) is 5.44. The number of anilines is 1. The van der Waals surface area contributed by atoms with E-state index in [-0.39, 0.29) is 30.8 Å². The molecule has 25 heavy (non-hydrogen) atoms. The number of nitrogens with two attached hydrogens (primary N) is 1. The van der Waals surface area contributed by atoms with E-state index in [2.05, 4.69) is 10.6 Å². The minimum atomic E-state index is -0.874. The third-order valence-corrected chi connectivity index (χ3v) is 4.47. The van der Waals surface area contributed by atoms with E-state index in [1.807, 2.05) is 26.0 Å². The third-order valence-electron chi connectivity index (χ3n) is 4.47. The maximum absolute atomic E-state index is 12.4. The van der Waals surface area contributed by atoms with Gasteiger partial charge in [0, 0.05) is 12.2 Å². The predicted molar refractivity (Wildman–Crippen MR) is 98.4 cm³/mol. The molecule has 0 bridgehead atoms. The minimum Gasteiger partial charge on any atom is -0.399 e. The van der Waals surface area contributed by atoms with Gasteiger partial charge in [-0.3, -0.25) is 14.5 Å². The summed E-state index contributed by atoms with van der Waals surface area (Å²) in [5.74, 6) is -0.678. The number of nitrogen functional groups attached to an aromatic ring is 1. The Morgan fingerprint density at radius 1 is 1.20 bits per heavy atom. The van der Waals surface area contributed by atoms with Crippen LogP contribution in [0.5, 0.6) is 0 Å². The Labute approximate surface area is 153 Å². The summed E-state index contributed by atoms with van der Waals surface area (Å²) in [6.07, 6.45) is 1.66. The van der Waals surface area contributed by atoms with E-state index in [0.717, 1.165) is 10.5 Å². The average Bonchev–Trinajstić information content (AvgIpc) is 2.81. The van der Waals surface area contributed by atoms with Crippen molar-refractivity contribution in [2.45, 2.75) is 38.6 Å². The lowest BCUT2D eigenvalue weighted by molar-refractivity contribution is -0.135. The van der Waals surface area contributed by atoms with Gasteiger partial charge in [-0.1, -0.05) is 26.0 Å². The van der Waals surface area contributed by atoms with E-state index in [1.165, 1.54) is 0 Å². The maximum Gasteiger partial charge on any atom is 0.325 e. The molecule has 4 N–H and O–H groups in total. The molecule has 4 amide bonds. The lowest BCUT2D eigenvalue weighted by Gasteiger charge is -2.23. The Balaban J connectivity index is 0.00000312. The standard InChI is InChI=1S/C17H24N4O3.ClH/c1-3-17(4-2)15(23)21(16(24)20-17)11-14(22)19-10-9-12-5-7-13(18)8-6-12;/h5-8H,3-4,9-11,18H2,1-2H3,(H,19,22)(H,20,24);1H. The number of hydrogen-bond acceptors (Lipinski definition) is 4. The number of imide groups is 1. The summed E-state index contributed by atoms with van der Waals surface area (Å²) in [5.41, 5.74) is 6.49. The van der Waals surface area contributed by atoms with Gasteiger partial charge in [0.05, 0.1) is 0 Å². The molecule has 1 heterocycles. The summed E-state index contributed by atoms with van der Waals surface area (Å²) in [6.45, 7) is 3.86. The molecular weight excluding hydrogens is 344 g/mol. The summed E-state index contributed by atoms with van der Waals surface area (Å²) < 4.78 is 0. The van der Waals surface area contributed by atoms with Crippen molar-refractivity contribution in [2.75, 3.05) is 18.8 Å². The van der Waals surface area contributed by atoms with Crippen molar-refractivity contribution >= 4 is 35.9 Å². The van der Waals surface area contributed by atoms with Crippen molar-refractivity contribution in [1.29, 1.82) is 0 Å². The highest BCUT2D eigenvalue weighted by Crippen LogP contribution is 2.24. The number of carbonyl (C=O) groups excluding carboxylic acids is 3. The van der Waals surface area contributed by atoms with Crippen molar-refractivity contribution in [3.63, 3.8) is 0 Å². The first-order valence-corrected chi connectivity index (χ1v) is 8.17. The van der Waals surface area contributed by atoms with Crippen LogP contribution < -0.4 is 16.4 Å². The van der Waals surface area contributed by atoms with E-state index in [1.54, 1.807) is 12.1 Å². The van der Waals surface area contributed by atoms with Crippen LogP contribution in [0.25, 0.3) is 0 Å². The molecule has 0 spiro atoms. The van der Waals surface area contributed by atoms with Gasteiger partial charge in [-0.2, -0.15) is 0 Å². The monoisotopic (exact) mass is 368 g/mol. The molecule has 7 nitrogen and oxygen atoms in total. The highest BCUT2D eigenvalue weighted by Gasteiger charge is 2.49. The number of nitrogens with one attached hydrogen (secondary N) is 2. The van der Waals surface area contributed by atoms with Crippen LogP contribution in [0.15, 0.2) is 24.3 Å². The smallest absolute Gasteiger partial charge is 0.325 e. The molecule has 0 atom stereocenters. The second-order valence-electron chi connectivity index (χ2n) is 5.95. The quantitative estimate of drug-likeness (QED) is 0.500. The van der Waals surface area contributed by atoms with Crippen molar-refractivity contribution in [3.05, 3.63) is 29.8 Å². The molecule has 8 heteroatoms. The first-order valence-electron chi connectivity index (χ1n) is 8.17. The first kappa shape index (κ1) is 20.8. The molecule has 1 aromatic rings. The number of carbonyl (C=O) groups is 3. The highest BCUT2D eigenvalue weighted by molar-refractivity contribution is 6.08. The first-order chi connectivity index (χ1) is 11.4. The predicted octanol–water partition coefficient (Wildman–Crippen LogP) is 1.46. The van der Waals surface area contributed by atoms with Crippen LogP contribution >= 0.6 is 12.4 Å². The molecule has 138 valence electrons. The van der Waals surface area contributed by atoms with Gasteiger partial charge in [0.2, 0.25) is 5.91 Å². The SMILES string of the molecule is CCC1(CC)NC(=O)N(CC(=O)NCCc2ccc(N)cc2)C1=O.Cl. The number of nitrogens with zero attached hydrogens (tertiary/aromatic N) is 1. The zero-order valence-corrected chi connectivity index (χ0v) is 15.3. The van der Waals surface area contributed by atoms with Gasteiger partial charge in [0.25, 0.3) is 5.91 Å². The molecule has 2 rings (SSSR count). The van der Waals surface area contributed by atoms with E-state index in [0.29, 0.717) is 31.5 Å². The number of rotatable bonds is 7. The molecule has 0 unspecified atom stereocenters. The van der Waals surface area contributed by atoms with Crippen LogP contribution in [0, 0.1) is 0 Å². The highest BCUT2D eigenvalue weighted by atomic mass is 35.5. The van der Waals surface area contributed by atoms with Gasteiger partial charge in [-0.05, 0) is 37.0 Å². The number of benzene rings is 1. The van der Waals surface area contributed by atoms with Gasteiger partial charge in [0.15, 0.2) is 0 Å². The van der Waals surface area contributed by atoms with Crippen LogP contribution in [0.1, 0.15) is 32.3 Å². The molecule has 0 saturated carbocycles. The lowest BCUT2D eigenvalue weighted by atomic mass is 9.93. The Morgan fingerprint density at radius 3 is 2.32 bits per heavy atom. The minimum absolute atomic E-state index is 0. The number of amides is 4. The summed E-state index contributed by atoms with van der Waals surface area (Å²) in [4.78, 5) is 37.4. The molecule has 1 aromatic carbocycles. The lowest BCUT2D eigenvalue weighted by Crippen LogP contribution is -2.46. The van der Waals surface area contributed by atoms with Crippen molar-refractivity contribution < 1.29 is 14.4 Å². The molecule has 0 aliphatic carbocycles. The molecule has 1 aliphatic rings. The Bertz CT molecular complexity index is 629. The van der Waals surface area contributed by atoms with Gasteiger partial charge in [-0.15, -0.1) is 12.4 Å². The number of urea groups is 1. The second kappa shape index (κ2) is 8.71. The maximum atomic E-state index is 12.4. The Morgan fingerprint density at radius 2 is 1.80 bits per heavy atom. The summed E-state index contributed by atoms with van der Waals surface area (Å²) in [7, 11) is 0. The van der Waals surface area contributed by atoms with E-state index < -0.39 is 11.6 Å². The van der Waals surface area contributed by atoms with E-state index in [9.17, 15) is 14.4 Å². The molecule has 1 aliphatic heterocycles. The van der Waals surface area contributed by atoms with Gasteiger partial charge >= 0.3 is 6.03 Å². The van der Waals surface area contributed by atoms with E-state index in [4.69, 9.17) is 5.73 Å². The summed E-state index contributed by atoms with van der Waals surface area (Å²) in [6, 6.07) is 6.90. The fraction of sp³-hybridized carbons (Fsp3) is 0.471. The van der Waals surface area contributed by atoms with Crippen molar-refractivity contribution in [2.24, 2.45) is 0 Å². The summed E-state index contributed by atoms with van der Waals surface area (Å²) >= 11 is 0. The fourth-order valence-electron chi connectivity index (χ4n) is 2.78. The van der Waals surface area contributed by atoms with Crippen molar-refractivity contribution in [3.8, 4) is 0 Å². The molecule has 1 fully saturated rings. The zero-order chi connectivity index (χ0) is 17.7. The van der Waals surface area contributed by atoms with E-state index >= 15 is 0 Å². The Kier molecular flexibility index (Phi) is 7.23. The van der Waals surface area contributed by atoms with Gasteiger partial charge < -0.3 is 16.4 Å². The Hall–Kier alpha value is -2.28. The van der Waals surface area contributed by atoms with Gasteiger partial charge in [-0.25, -0.2) is 4.79 Å². The van der Waals surface area contributed by atoms with Crippen LogP contribution in [-0.2, 0) is 16.0 Å². The largest absolute Gasteiger partial charge is 0.399 e. The second-order valence-corrected chi connectivity index (χ2v) is 5.95. The van der Waals surface area contributed by atoms with Gasteiger partial charge in [0.1, 0.15) is 12.1 Å². The van der Waals surface area contributed by atoms with Crippen LogP contribution in [-0.4, -0.2) is 41.4 Å².